The topological polar surface area (TPSA) is 201 Å². The van der Waals surface area contributed by atoms with Gasteiger partial charge < -0.3 is 49.5 Å². The number of methoxy groups -OCH3 is 1. The van der Waals surface area contributed by atoms with Crippen LogP contribution in [-0.2, 0) is 30.2 Å². The molecule has 13 nitrogen and oxygen atoms in total. The Morgan fingerprint density at radius 1 is 1.12 bits per heavy atom. The van der Waals surface area contributed by atoms with E-state index in [4.69, 9.17) is 18.9 Å². The van der Waals surface area contributed by atoms with Crippen molar-refractivity contribution >= 4 is 33.7 Å². The molecule has 1 saturated heterocycles. The van der Waals surface area contributed by atoms with Crippen LogP contribution in [0.2, 0.25) is 0 Å². The van der Waals surface area contributed by atoms with E-state index in [1.54, 1.807) is 0 Å². The fourth-order valence-corrected chi connectivity index (χ4v) is 5.37. The van der Waals surface area contributed by atoms with Gasteiger partial charge >= 0.3 is 11.9 Å². The van der Waals surface area contributed by atoms with Gasteiger partial charge in [0.2, 0.25) is 6.29 Å². The Balaban J connectivity index is 1.54. The number of aromatic carboxylic acids is 1. The first kappa shape index (κ1) is 28.7. The largest absolute Gasteiger partial charge is 0.477 e. The summed E-state index contributed by atoms with van der Waals surface area (Å²) in [6.45, 7) is 3.21. The lowest BCUT2D eigenvalue weighted by Crippen LogP contribution is -2.60. The van der Waals surface area contributed by atoms with Crippen molar-refractivity contribution in [1.29, 1.82) is 0 Å². The third-order valence-corrected chi connectivity index (χ3v) is 7.52. The maximum atomic E-state index is 12.8. The Morgan fingerprint density at radius 2 is 1.88 bits per heavy atom. The highest BCUT2D eigenvalue weighted by Gasteiger charge is 2.47. The first-order chi connectivity index (χ1) is 19.7. The zero-order valence-corrected chi connectivity index (χ0v) is 21.9. The number of aromatic amines is 1. The van der Waals surface area contributed by atoms with Crippen LogP contribution in [0.1, 0.15) is 16.2 Å². The number of ether oxygens (including phenoxy) is 4. The second kappa shape index (κ2) is 11.6. The molecule has 0 amide bonds. The van der Waals surface area contributed by atoms with Crippen molar-refractivity contribution in [2.24, 2.45) is 11.8 Å². The van der Waals surface area contributed by atoms with Crippen LogP contribution in [0.25, 0.3) is 21.8 Å². The molecular weight excluding hydrogens is 540 g/mol. The molecule has 0 spiro atoms. The Hall–Kier alpha value is -3.85. The monoisotopic (exact) mass is 570 g/mol. The van der Waals surface area contributed by atoms with E-state index in [0.717, 1.165) is 17.2 Å². The molecule has 218 valence electrons. The molecule has 6 N–H and O–H groups in total. The normalized spacial score (nSPS) is 30.0. The first-order valence-electron chi connectivity index (χ1n) is 12.8. The van der Waals surface area contributed by atoms with Gasteiger partial charge in [-0.25, -0.2) is 14.6 Å². The van der Waals surface area contributed by atoms with E-state index in [2.05, 4.69) is 16.5 Å². The molecule has 8 atom stereocenters. The fraction of sp³-hybridized carbons (Fsp3) is 0.393. The summed E-state index contributed by atoms with van der Waals surface area (Å²) in [7, 11) is 1.21. The van der Waals surface area contributed by atoms with E-state index in [0.29, 0.717) is 16.6 Å². The van der Waals surface area contributed by atoms with Crippen LogP contribution in [0.4, 0.5) is 0 Å². The minimum Gasteiger partial charge on any atom is -0.477 e. The molecule has 41 heavy (non-hydrogen) atoms. The highest BCUT2D eigenvalue weighted by atomic mass is 16.8. The van der Waals surface area contributed by atoms with Crippen molar-refractivity contribution in [2.45, 2.75) is 43.4 Å². The number of pyridine rings is 1. The van der Waals surface area contributed by atoms with Crippen LogP contribution in [0, 0.1) is 11.8 Å². The van der Waals surface area contributed by atoms with E-state index < -0.39 is 67.4 Å². The Kier molecular flexibility index (Phi) is 8.09. The van der Waals surface area contributed by atoms with E-state index in [1.165, 1.54) is 19.3 Å². The second-order valence-electron chi connectivity index (χ2n) is 9.88. The lowest BCUT2D eigenvalue weighted by molar-refractivity contribution is -0.339. The second-order valence-corrected chi connectivity index (χ2v) is 9.88. The minimum absolute atomic E-state index is 0.0277. The van der Waals surface area contributed by atoms with Crippen molar-refractivity contribution in [3.05, 3.63) is 66.2 Å². The summed E-state index contributed by atoms with van der Waals surface area (Å²) in [4.78, 5) is 32.5. The Morgan fingerprint density at radius 3 is 2.56 bits per heavy atom. The summed E-state index contributed by atoms with van der Waals surface area (Å²) in [5, 5.41) is 51.5. The number of hydrogen-bond acceptors (Lipinski definition) is 11. The number of rotatable bonds is 8. The van der Waals surface area contributed by atoms with Gasteiger partial charge in [-0.05, 0) is 18.6 Å². The fourth-order valence-electron chi connectivity index (χ4n) is 5.37. The minimum atomic E-state index is -1.69. The van der Waals surface area contributed by atoms with Gasteiger partial charge in [-0.1, -0.05) is 24.3 Å². The number of carboxylic acids is 1. The SMILES string of the molecule is C=C[C@H]1[C@H](O[C@@H]2O[C@H](CO)[C@@H](O)[C@H](O)[C@H]2O)OC=C(C(=O)OC)[C@@H]1Cc1nc(C(=O)O)cc2c1[nH]c1ccccc12. The smallest absolute Gasteiger partial charge is 0.354 e. The van der Waals surface area contributed by atoms with Crippen molar-refractivity contribution in [1.82, 2.24) is 9.97 Å². The number of carboxylic acid groups (broad SMARTS) is 1. The molecule has 0 aliphatic carbocycles. The lowest BCUT2D eigenvalue weighted by Gasteiger charge is -2.43. The van der Waals surface area contributed by atoms with Crippen LogP contribution < -0.4 is 0 Å². The predicted molar refractivity (Wildman–Crippen MR) is 141 cm³/mol. The number of carbonyl (C=O) groups excluding carboxylic acids is 1. The first-order valence-corrected chi connectivity index (χ1v) is 12.8. The average molecular weight is 571 g/mol. The van der Waals surface area contributed by atoms with E-state index in [-0.39, 0.29) is 17.7 Å². The number of carbonyl (C=O) groups is 2. The maximum absolute atomic E-state index is 12.8. The zero-order chi connectivity index (χ0) is 29.4. The number of benzene rings is 1. The van der Waals surface area contributed by atoms with Crippen molar-refractivity contribution in [3.63, 3.8) is 0 Å². The van der Waals surface area contributed by atoms with Gasteiger partial charge in [-0.3, -0.25) is 0 Å². The average Bonchev–Trinajstić information content (AvgIpc) is 3.36. The van der Waals surface area contributed by atoms with Crippen molar-refractivity contribution in [3.8, 4) is 0 Å². The van der Waals surface area contributed by atoms with Gasteiger partial charge in [0.15, 0.2) is 6.29 Å². The van der Waals surface area contributed by atoms with E-state index in [9.17, 15) is 35.1 Å². The summed E-state index contributed by atoms with van der Waals surface area (Å²) in [6, 6.07) is 8.87. The Labute approximate surface area is 233 Å². The van der Waals surface area contributed by atoms with Gasteiger partial charge in [0.25, 0.3) is 0 Å². The molecule has 1 aromatic carbocycles. The number of nitrogens with zero attached hydrogens (tertiary/aromatic N) is 1. The number of aliphatic hydroxyl groups excluding tert-OH is 4. The van der Waals surface area contributed by atoms with E-state index in [1.807, 2.05) is 24.3 Å². The van der Waals surface area contributed by atoms with Crippen LogP contribution in [0.3, 0.4) is 0 Å². The predicted octanol–water partition coefficient (Wildman–Crippen LogP) is 0.605. The van der Waals surface area contributed by atoms with Crippen LogP contribution in [0.15, 0.2) is 54.8 Å². The maximum Gasteiger partial charge on any atom is 0.354 e. The summed E-state index contributed by atoms with van der Waals surface area (Å²) in [6.07, 6.45) is -6.23. The number of esters is 1. The van der Waals surface area contributed by atoms with Gasteiger partial charge in [-0.2, -0.15) is 0 Å². The summed E-state index contributed by atoms with van der Waals surface area (Å²) in [5.41, 5.74) is 1.64. The lowest BCUT2D eigenvalue weighted by atomic mass is 9.80. The summed E-state index contributed by atoms with van der Waals surface area (Å²) < 4.78 is 22.0. The van der Waals surface area contributed by atoms with E-state index >= 15 is 0 Å². The summed E-state index contributed by atoms with van der Waals surface area (Å²) in [5.74, 6) is -3.47. The molecule has 2 aromatic heterocycles. The Bertz CT molecular complexity index is 1500. The quantitative estimate of drug-likeness (QED) is 0.163. The summed E-state index contributed by atoms with van der Waals surface area (Å²) >= 11 is 0. The van der Waals surface area contributed by atoms with Crippen LogP contribution in [0.5, 0.6) is 0 Å². The van der Waals surface area contributed by atoms with Gasteiger partial charge in [0.1, 0.15) is 30.1 Å². The molecule has 0 radical (unpaired) electrons. The van der Waals surface area contributed by atoms with Crippen LogP contribution in [-0.4, -0.2) is 98.2 Å². The number of fused-ring (bicyclic) bond motifs is 3. The standard InChI is InChI=1S/C28H30N2O11/c1-3-12-14(8-18-21-15(9-19(29-18)25(35)36)13-6-4-5-7-17(13)30-21)16(26(37)38-2)11-39-27(12)41-28-24(34)23(33)22(32)20(10-31)40-28/h3-7,9,11-12,14,20,22-24,27-28,30-34H,1,8,10H2,2H3,(H,35,36)/t12-,14-,20-,22-,23+,24-,27+,28+/m1/s1. The molecule has 4 heterocycles. The third kappa shape index (κ3) is 5.19. The number of hydrogen-bond donors (Lipinski definition) is 6. The molecule has 0 saturated carbocycles. The number of aromatic nitrogens is 2. The van der Waals surface area contributed by atoms with Crippen molar-refractivity contribution in [2.75, 3.05) is 13.7 Å². The van der Waals surface area contributed by atoms with Crippen molar-refractivity contribution < 1.29 is 54.1 Å². The molecular formula is C28H30N2O11. The third-order valence-electron chi connectivity index (χ3n) is 7.52. The number of nitrogens with one attached hydrogen (secondary N) is 1. The molecule has 1 fully saturated rings. The van der Waals surface area contributed by atoms with Gasteiger partial charge in [-0.15, -0.1) is 6.58 Å². The zero-order valence-electron chi connectivity index (χ0n) is 21.9. The molecule has 2 aliphatic heterocycles. The van der Waals surface area contributed by atoms with Gasteiger partial charge in [0, 0.05) is 28.1 Å². The molecule has 0 bridgehead atoms. The number of aliphatic hydroxyl groups is 4. The number of para-hydroxylation sites is 1. The highest BCUT2D eigenvalue weighted by Crippen LogP contribution is 2.38. The number of H-pyrrole nitrogens is 1. The molecule has 2 aliphatic rings. The highest BCUT2D eigenvalue weighted by molar-refractivity contribution is 6.09. The molecule has 0 unspecified atom stereocenters. The molecule has 13 heteroatoms. The molecule has 3 aromatic rings. The van der Waals surface area contributed by atoms with Gasteiger partial charge in [0.05, 0.1) is 36.8 Å². The molecule has 5 rings (SSSR count). The van der Waals surface area contributed by atoms with Crippen LogP contribution >= 0.6 is 0 Å².